The number of nitrogen functional groups attached to an aromatic ring is 2. The average molecular weight is 235 g/mol. The lowest BCUT2D eigenvalue weighted by Gasteiger charge is -2.14. The Hall–Kier alpha value is -2.37. The molecule has 2 rings (SSSR count). The van der Waals surface area contributed by atoms with Crippen LogP contribution in [0.15, 0.2) is 18.3 Å². The molecule has 0 aliphatic heterocycles. The zero-order valence-electron chi connectivity index (χ0n) is 9.56. The molecule has 0 saturated carbocycles. The molecule has 90 valence electrons. The molecule has 0 spiro atoms. The van der Waals surface area contributed by atoms with Gasteiger partial charge >= 0.3 is 0 Å². The number of anilines is 2. The minimum atomic E-state index is 0.212. The summed E-state index contributed by atoms with van der Waals surface area (Å²) in [6.45, 7) is 0. The van der Waals surface area contributed by atoms with E-state index in [9.17, 15) is 5.21 Å². The van der Waals surface area contributed by atoms with Gasteiger partial charge < -0.3 is 26.1 Å². The van der Waals surface area contributed by atoms with Crippen molar-refractivity contribution in [3.8, 4) is 11.5 Å². The molecule has 1 heterocycles. The van der Waals surface area contributed by atoms with Crippen LogP contribution in [-0.2, 0) is 0 Å². The maximum atomic E-state index is 11.7. The minimum absolute atomic E-state index is 0.212. The quantitative estimate of drug-likeness (QED) is 0.452. The molecule has 17 heavy (non-hydrogen) atoms. The van der Waals surface area contributed by atoms with Gasteiger partial charge in [-0.2, -0.15) is 4.73 Å². The van der Waals surface area contributed by atoms with Gasteiger partial charge in [-0.1, -0.05) is 0 Å². The van der Waals surface area contributed by atoms with Crippen molar-refractivity contribution < 1.29 is 14.2 Å². The van der Waals surface area contributed by atoms with E-state index in [4.69, 9.17) is 20.9 Å². The number of fused-ring (bicyclic) bond motifs is 1. The molecule has 1 aromatic carbocycles. The Morgan fingerprint density at radius 1 is 1.12 bits per heavy atom. The molecule has 6 heteroatoms. The maximum absolute atomic E-state index is 11.7. The molecule has 0 bridgehead atoms. The predicted molar refractivity (Wildman–Crippen MR) is 64.8 cm³/mol. The highest BCUT2D eigenvalue weighted by Crippen LogP contribution is 2.43. The smallest absolute Gasteiger partial charge is 0.253 e. The first-order valence-electron chi connectivity index (χ1n) is 4.92. The lowest BCUT2D eigenvalue weighted by Crippen LogP contribution is -2.27. The number of hydrogen-bond donors (Lipinski definition) is 2. The first kappa shape index (κ1) is 11.1. The second-order valence-corrected chi connectivity index (χ2v) is 3.49. The lowest BCUT2D eigenvalue weighted by atomic mass is 10.1. The number of methoxy groups -OCH3 is 2. The fraction of sp³-hybridized carbons (Fsp3) is 0.182. The topological polar surface area (TPSA) is 97.4 Å². The highest BCUT2D eigenvalue weighted by Gasteiger charge is 2.22. The van der Waals surface area contributed by atoms with Gasteiger partial charge in [0.2, 0.25) is 0 Å². The molecule has 0 aliphatic rings. The van der Waals surface area contributed by atoms with E-state index in [0.717, 1.165) is 0 Å². The Bertz CT molecular complexity index is 584. The van der Waals surface area contributed by atoms with Crippen molar-refractivity contribution in [3.63, 3.8) is 0 Å². The first-order valence-corrected chi connectivity index (χ1v) is 4.92. The summed E-state index contributed by atoms with van der Waals surface area (Å²) >= 11 is 0. The molecular formula is C11H13N3O3. The van der Waals surface area contributed by atoms with E-state index in [2.05, 4.69) is 0 Å². The zero-order chi connectivity index (χ0) is 12.6. The third-order valence-corrected chi connectivity index (χ3v) is 2.61. The van der Waals surface area contributed by atoms with E-state index in [0.29, 0.717) is 21.6 Å². The predicted octanol–water partition coefficient (Wildman–Crippen LogP) is 0.655. The Morgan fingerprint density at radius 2 is 1.71 bits per heavy atom. The van der Waals surface area contributed by atoms with Crippen molar-refractivity contribution in [3.05, 3.63) is 23.5 Å². The standard InChI is InChI=1S/C11H13N3O3/c1-16-10-7(12)6-4-3-5-14(15)9(6)8(13)11(10)17-2/h3-5H,12-13H2,1-2H3. The summed E-state index contributed by atoms with van der Waals surface area (Å²) in [6, 6.07) is 3.30. The number of ether oxygens (including phenoxy) is 2. The van der Waals surface area contributed by atoms with Gasteiger partial charge in [0.15, 0.2) is 23.4 Å². The number of nitrogens with zero attached hydrogens (tertiary/aromatic N) is 1. The lowest BCUT2D eigenvalue weighted by molar-refractivity contribution is -0.576. The summed E-state index contributed by atoms with van der Waals surface area (Å²) in [5.41, 5.74) is 12.6. The molecule has 4 N–H and O–H groups in total. The van der Waals surface area contributed by atoms with Crippen LogP contribution in [-0.4, -0.2) is 14.2 Å². The SMILES string of the molecule is COc1c(OC)c(N)c2c(ccc[n+]2[O-])c1N. The fourth-order valence-corrected chi connectivity index (χ4v) is 1.85. The normalized spacial score (nSPS) is 10.5. The molecule has 0 radical (unpaired) electrons. The van der Waals surface area contributed by atoms with E-state index in [-0.39, 0.29) is 17.0 Å². The first-order chi connectivity index (χ1) is 8.11. The van der Waals surface area contributed by atoms with E-state index >= 15 is 0 Å². The summed E-state index contributed by atoms with van der Waals surface area (Å²) in [4.78, 5) is 0. The molecule has 0 unspecified atom stereocenters. The number of aromatic nitrogens is 1. The van der Waals surface area contributed by atoms with Crippen LogP contribution in [0.25, 0.3) is 10.9 Å². The molecule has 1 aromatic heterocycles. The van der Waals surface area contributed by atoms with Gasteiger partial charge in [0.1, 0.15) is 0 Å². The van der Waals surface area contributed by atoms with Crippen LogP contribution in [0.2, 0.25) is 0 Å². The number of nitrogens with two attached hydrogens (primary N) is 2. The van der Waals surface area contributed by atoms with Gasteiger partial charge in [0, 0.05) is 6.07 Å². The molecule has 2 aromatic rings. The number of rotatable bonds is 2. The third kappa shape index (κ3) is 1.45. The molecular weight excluding hydrogens is 222 g/mol. The number of hydrogen-bond acceptors (Lipinski definition) is 5. The monoisotopic (exact) mass is 235 g/mol. The molecule has 0 fully saturated rings. The summed E-state index contributed by atoms with van der Waals surface area (Å²) in [5.74, 6) is 0.608. The van der Waals surface area contributed by atoms with Gasteiger partial charge in [-0.25, -0.2) is 0 Å². The van der Waals surface area contributed by atoms with Crippen molar-refractivity contribution >= 4 is 22.3 Å². The second-order valence-electron chi connectivity index (χ2n) is 3.49. The molecule has 6 nitrogen and oxygen atoms in total. The molecule has 0 amide bonds. The number of pyridine rings is 1. The Morgan fingerprint density at radius 3 is 2.29 bits per heavy atom. The van der Waals surface area contributed by atoms with E-state index < -0.39 is 0 Å². The van der Waals surface area contributed by atoms with Crippen LogP contribution in [0.3, 0.4) is 0 Å². The minimum Gasteiger partial charge on any atom is -0.618 e. The summed E-state index contributed by atoms with van der Waals surface area (Å²) in [5, 5.41) is 12.2. The van der Waals surface area contributed by atoms with E-state index in [1.807, 2.05) is 0 Å². The van der Waals surface area contributed by atoms with Gasteiger partial charge in [0.05, 0.1) is 25.3 Å². The van der Waals surface area contributed by atoms with Gasteiger partial charge in [-0.3, -0.25) is 0 Å². The van der Waals surface area contributed by atoms with Crippen molar-refractivity contribution in [1.82, 2.24) is 0 Å². The Labute approximate surface area is 97.9 Å². The van der Waals surface area contributed by atoms with Crippen LogP contribution in [0.5, 0.6) is 11.5 Å². The Balaban J connectivity index is 2.99. The molecule has 0 atom stereocenters. The van der Waals surface area contributed by atoms with Crippen LogP contribution >= 0.6 is 0 Å². The van der Waals surface area contributed by atoms with Crippen LogP contribution in [0.1, 0.15) is 0 Å². The maximum Gasteiger partial charge on any atom is 0.253 e. The third-order valence-electron chi connectivity index (χ3n) is 2.61. The van der Waals surface area contributed by atoms with Gasteiger partial charge in [-0.15, -0.1) is 0 Å². The highest BCUT2D eigenvalue weighted by molar-refractivity contribution is 6.02. The van der Waals surface area contributed by atoms with E-state index in [1.165, 1.54) is 20.4 Å². The molecule has 0 saturated heterocycles. The zero-order valence-corrected chi connectivity index (χ0v) is 9.56. The van der Waals surface area contributed by atoms with Gasteiger partial charge in [-0.05, 0) is 6.07 Å². The Kier molecular flexibility index (Phi) is 2.55. The van der Waals surface area contributed by atoms with Crippen molar-refractivity contribution in [2.75, 3.05) is 25.7 Å². The average Bonchev–Trinajstić information content (AvgIpc) is 2.33. The van der Waals surface area contributed by atoms with Crippen LogP contribution in [0, 0.1) is 5.21 Å². The highest BCUT2D eigenvalue weighted by atomic mass is 16.5. The van der Waals surface area contributed by atoms with Crippen LogP contribution in [0.4, 0.5) is 11.4 Å². The van der Waals surface area contributed by atoms with Crippen molar-refractivity contribution in [2.45, 2.75) is 0 Å². The summed E-state index contributed by atoms with van der Waals surface area (Å²) in [7, 11) is 2.91. The summed E-state index contributed by atoms with van der Waals surface area (Å²) < 4.78 is 10.9. The fourth-order valence-electron chi connectivity index (χ4n) is 1.85. The summed E-state index contributed by atoms with van der Waals surface area (Å²) in [6.07, 6.45) is 1.35. The van der Waals surface area contributed by atoms with Crippen molar-refractivity contribution in [1.29, 1.82) is 0 Å². The van der Waals surface area contributed by atoms with E-state index in [1.54, 1.807) is 12.1 Å². The molecule has 0 aliphatic carbocycles. The van der Waals surface area contributed by atoms with Gasteiger partial charge in [0.25, 0.3) is 5.52 Å². The number of benzene rings is 1. The van der Waals surface area contributed by atoms with Crippen LogP contribution < -0.4 is 25.7 Å². The van der Waals surface area contributed by atoms with Crippen molar-refractivity contribution in [2.24, 2.45) is 0 Å². The largest absolute Gasteiger partial charge is 0.618 e. The second kappa shape index (κ2) is 3.89.